The predicted molar refractivity (Wildman–Crippen MR) is 97.5 cm³/mol. The van der Waals surface area contributed by atoms with Gasteiger partial charge in [0, 0.05) is 28.6 Å². The Hall–Kier alpha value is -2.59. The number of nitriles is 1. The average molecular weight is 414 g/mol. The number of rotatable bonds is 0. The zero-order valence-corrected chi connectivity index (χ0v) is 15.9. The number of aryl methyl sites for hydroxylation is 1. The molecule has 0 unspecified atom stereocenters. The van der Waals surface area contributed by atoms with Gasteiger partial charge in [0.25, 0.3) is 0 Å². The molecule has 1 spiro atoms. The van der Waals surface area contributed by atoms with Gasteiger partial charge in [-0.05, 0) is 24.5 Å². The first-order chi connectivity index (χ1) is 12.3. The van der Waals surface area contributed by atoms with Gasteiger partial charge >= 0.3 is 0 Å². The van der Waals surface area contributed by atoms with E-state index in [1.807, 2.05) is 26.0 Å². The maximum Gasteiger partial charge on any atom is 0.245 e. The molecule has 0 saturated carbocycles. The van der Waals surface area contributed by atoms with Crippen molar-refractivity contribution in [3.05, 3.63) is 50.5 Å². The van der Waals surface area contributed by atoms with Crippen molar-refractivity contribution in [1.82, 2.24) is 0 Å². The van der Waals surface area contributed by atoms with E-state index in [0.717, 1.165) is 5.56 Å². The molecule has 1 aromatic carbocycles. The number of anilines is 1. The van der Waals surface area contributed by atoms with Crippen molar-refractivity contribution in [2.75, 3.05) is 5.32 Å². The van der Waals surface area contributed by atoms with Crippen LogP contribution in [0, 0.1) is 24.2 Å². The van der Waals surface area contributed by atoms with Crippen LogP contribution >= 0.6 is 15.9 Å². The lowest BCUT2D eigenvalue weighted by Crippen LogP contribution is -2.47. The van der Waals surface area contributed by atoms with Crippen LogP contribution in [0.15, 0.2) is 39.4 Å². The molecule has 0 saturated heterocycles. The summed E-state index contributed by atoms with van der Waals surface area (Å²) in [5.41, 5.74) is 6.69. The number of nitrogens with zero attached hydrogens (tertiary/aromatic N) is 1. The lowest BCUT2D eigenvalue weighted by Gasteiger charge is -2.38. The Bertz CT molecular complexity index is 1000. The normalized spacial score (nSPS) is 27.1. The Labute approximate surface area is 158 Å². The fourth-order valence-corrected chi connectivity index (χ4v) is 4.81. The van der Waals surface area contributed by atoms with E-state index in [1.165, 1.54) is 0 Å². The average Bonchev–Trinajstić information content (AvgIpc) is 2.84. The van der Waals surface area contributed by atoms with E-state index in [4.69, 9.17) is 10.5 Å². The molecule has 2 atom stereocenters. The van der Waals surface area contributed by atoms with Crippen LogP contribution in [0.2, 0.25) is 0 Å². The molecule has 0 bridgehead atoms. The van der Waals surface area contributed by atoms with Crippen LogP contribution in [0.1, 0.15) is 30.9 Å². The van der Waals surface area contributed by atoms with Gasteiger partial charge in [-0.15, -0.1) is 0 Å². The number of amides is 1. The summed E-state index contributed by atoms with van der Waals surface area (Å²) in [6.45, 7) is 3.83. The minimum absolute atomic E-state index is 0.0401. The van der Waals surface area contributed by atoms with E-state index in [9.17, 15) is 14.9 Å². The maximum absolute atomic E-state index is 13.3. The number of ether oxygens (including phenoxy) is 1. The molecular weight excluding hydrogens is 398 g/mol. The number of ketones is 1. The van der Waals surface area contributed by atoms with Gasteiger partial charge in [0.1, 0.15) is 22.8 Å². The van der Waals surface area contributed by atoms with E-state index >= 15 is 0 Å². The van der Waals surface area contributed by atoms with Crippen molar-refractivity contribution < 1.29 is 14.3 Å². The second-order valence-electron chi connectivity index (χ2n) is 7.01. The van der Waals surface area contributed by atoms with Crippen LogP contribution in [0.4, 0.5) is 5.69 Å². The second-order valence-corrected chi connectivity index (χ2v) is 7.80. The topological polar surface area (TPSA) is 105 Å². The number of carbonyl (C=O) groups excluding carboxylic acids is 2. The third-order valence-electron chi connectivity index (χ3n) is 5.27. The first-order valence-electron chi connectivity index (χ1n) is 8.28. The minimum Gasteiger partial charge on any atom is -0.444 e. The van der Waals surface area contributed by atoms with Gasteiger partial charge in [-0.2, -0.15) is 5.26 Å². The van der Waals surface area contributed by atoms with Gasteiger partial charge in [0.2, 0.25) is 11.8 Å². The van der Waals surface area contributed by atoms with E-state index in [1.54, 1.807) is 6.07 Å². The molecule has 7 heteroatoms. The Morgan fingerprint density at radius 2 is 2.12 bits per heavy atom. The zero-order chi connectivity index (χ0) is 18.8. The third kappa shape index (κ3) is 1.91. The molecule has 3 N–H and O–H groups in total. The monoisotopic (exact) mass is 413 g/mol. The molecule has 1 aliphatic carbocycles. The largest absolute Gasteiger partial charge is 0.444 e. The highest BCUT2D eigenvalue weighted by Gasteiger charge is 2.61. The van der Waals surface area contributed by atoms with Crippen LogP contribution < -0.4 is 11.1 Å². The number of nitrogens with two attached hydrogens (primary N) is 1. The summed E-state index contributed by atoms with van der Waals surface area (Å²) in [5, 5.41) is 12.6. The number of nitrogens with one attached hydrogen (secondary N) is 1. The summed E-state index contributed by atoms with van der Waals surface area (Å²) < 4.78 is 6.33. The number of Topliss-reactive ketones (excluding diaryl/α,β-unsaturated/α-hetero) is 1. The number of allylic oxidation sites excluding steroid dienone is 1. The molecule has 2 aliphatic heterocycles. The quantitative estimate of drug-likeness (QED) is 0.679. The standard InChI is InChI=1S/C19H16BrN3O3/c1-8-5-12(24)15-13(6-8)26-17(22)10(7-21)19(15)14-11(23-18(19)25)4-3-9(2)16(14)20/h3-4,8H,5-6,22H2,1-2H3,(H,23,25)/t8-,19-/m0/s1. The van der Waals surface area contributed by atoms with Gasteiger partial charge in [0.05, 0.1) is 5.57 Å². The van der Waals surface area contributed by atoms with E-state index < -0.39 is 11.3 Å². The Balaban J connectivity index is 2.15. The maximum atomic E-state index is 13.3. The molecule has 6 nitrogen and oxygen atoms in total. The number of halogens is 1. The van der Waals surface area contributed by atoms with Crippen LogP contribution in [0.5, 0.6) is 0 Å². The van der Waals surface area contributed by atoms with Gasteiger partial charge in [0.15, 0.2) is 5.78 Å². The molecule has 0 fully saturated rings. The van der Waals surface area contributed by atoms with E-state index in [2.05, 4.69) is 21.2 Å². The number of carbonyl (C=O) groups is 2. The predicted octanol–water partition coefficient (Wildman–Crippen LogP) is 2.92. The van der Waals surface area contributed by atoms with Crippen molar-refractivity contribution in [3.8, 4) is 6.07 Å². The highest BCUT2D eigenvalue weighted by Crippen LogP contribution is 2.56. The number of hydrogen-bond donors (Lipinski definition) is 2. The highest BCUT2D eigenvalue weighted by atomic mass is 79.9. The first kappa shape index (κ1) is 16.9. The van der Waals surface area contributed by atoms with Gasteiger partial charge in [-0.25, -0.2) is 0 Å². The Morgan fingerprint density at radius 3 is 2.81 bits per heavy atom. The molecule has 1 amide bonds. The van der Waals surface area contributed by atoms with Crippen LogP contribution in [-0.4, -0.2) is 11.7 Å². The lowest BCUT2D eigenvalue weighted by atomic mass is 9.64. The summed E-state index contributed by atoms with van der Waals surface area (Å²) in [4.78, 5) is 26.3. The molecule has 1 aromatic rings. The molecule has 0 aromatic heterocycles. The van der Waals surface area contributed by atoms with Crippen molar-refractivity contribution in [2.45, 2.75) is 32.1 Å². The van der Waals surface area contributed by atoms with Crippen molar-refractivity contribution >= 4 is 33.3 Å². The number of fused-ring (bicyclic) bond motifs is 3. The van der Waals surface area contributed by atoms with E-state index in [0.29, 0.717) is 34.3 Å². The van der Waals surface area contributed by atoms with Crippen molar-refractivity contribution in [3.63, 3.8) is 0 Å². The highest BCUT2D eigenvalue weighted by molar-refractivity contribution is 9.10. The zero-order valence-electron chi connectivity index (χ0n) is 14.3. The Kier molecular flexibility index (Phi) is 3.53. The first-order valence-corrected chi connectivity index (χ1v) is 9.07. The molecule has 132 valence electrons. The summed E-state index contributed by atoms with van der Waals surface area (Å²) in [6.07, 6.45) is 0.795. The fourth-order valence-electron chi connectivity index (χ4n) is 4.17. The fraction of sp³-hybridized carbons (Fsp3) is 0.316. The smallest absolute Gasteiger partial charge is 0.245 e. The summed E-state index contributed by atoms with van der Waals surface area (Å²) in [7, 11) is 0. The summed E-state index contributed by atoms with van der Waals surface area (Å²) in [6, 6.07) is 5.67. The van der Waals surface area contributed by atoms with Crippen LogP contribution in [0.3, 0.4) is 0 Å². The van der Waals surface area contributed by atoms with Crippen molar-refractivity contribution in [1.29, 1.82) is 5.26 Å². The third-order valence-corrected chi connectivity index (χ3v) is 6.29. The van der Waals surface area contributed by atoms with Gasteiger partial charge < -0.3 is 15.8 Å². The number of benzene rings is 1. The summed E-state index contributed by atoms with van der Waals surface area (Å²) in [5.74, 6) is -0.279. The SMILES string of the molecule is Cc1ccc2c(c1Br)[C@@]1(C(=O)N2)C(C#N)=C(N)OC2=C1C(=O)C[C@H](C)C2. The molecule has 0 radical (unpaired) electrons. The van der Waals surface area contributed by atoms with Crippen LogP contribution in [0.25, 0.3) is 0 Å². The molecular formula is C19H16BrN3O3. The minimum atomic E-state index is -1.57. The van der Waals surface area contributed by atoms with Crippen molar-refractivity contribution in [2.24, 2.45) is 11.7 Å². The lowest BCUT2D eigenvalue weighted by molar-refractivity contribution is -0.123. The second kappa shape index (κ2) is 5.45. The van der Waals surface area contributed by atoms with Crippen LogP contribution in [-0.2, 0) is 19.7 Å². The molecule has 4 rings (SSSR count). The van der Waals surface area contributed by atoms with Gasteiger partial charge in [-0.1, -0.05) is 28.9 Å². The molecule has 2 heterocycles. The Morgan fingerprint density at radius 1 is 1.38 bits per heavy atom. The molecule has 26 heavy (non-hydrogen) atoms. The number of hydrogen-bond acceptors (Lipinski definition) is 5. The van der Waals surface area contributed by atoms with Gasteiger partial charge in [-0.3, -0.25) is 9.59 Å². The molecule has 3 aliphatic rings. The summed E-state index contributed by atoms with van der Waals surface area (Å²) >= 11 is 3.55. The van der Waals surface area contributed by atoms with E-state index in [-0.39, 0.29) is 28.7 Å².